The number of rotatable bonds is 3. The van der Waals surface area contributed by atoms with Gasteiger partial charge in [-0.2, -0.15) is 0 Å². The highest BCUT2D eigenvalue weighted by Crippen LogP contribution is 2.34. The van der Waals surface area contributed by atoms with E-state index in [-0.39, 0.29) is 12.1 Å². The summed E-state index contributed by atoms with van der Waals surface area (Å²) in [6.45, 7) is 3.08. The quantitative estimate of drug-likeness (QED) is 0.711. The van der Waals surface area contributed by atoms with Crippen LogP contribution in [0.5, 0.6) is 0 Å². The summed E-state index contributed by atoms with van der Waals surface area (Å²) < 4.78 is 8.26. The molecule has 1 aliphatic rings. The number of hydrogen-bond acceptors (Lipinski definition) is 2. The van der Waals surface area contributed by atoms with Crippen LogP contribution in [0.15, 0.2) is 54.6 Å². The average molecular weight is 292 g/mol. The molecule has 2 heterocycles. The van der Waals surface area contributed by atoms with Crippen molar-refractivity contribution in [1.29, 1.82) is 0 Å². The lowest BCUT2D eigenvalue weighted by molar-refractivity contribution is 0.102. The monoisotopic (exact) mass is 292 g/mol. The van der Waals surface area contributed by atoms with Crippen molar-refractivity contribution in [3.63, 3.8) is 0 Å². The standard InChI is InChI=1S/C19H20N2O/c1-14(15-8-3-2-4-9-15)21-17-11-6-5-10-16(17)20-19(21)18-12-7-13-22-18/h2-6,8-11,14,18H,7,12-13H2,1H3/t14-,18-/m1/s1. The Hall–Kier alpha value is -2.13. The summed E-state index contributed by atoms with van der Waals surface area (Å²) in [6, 6.07) is 19.2. The van der Waals surface area contributed by atoms with Crippen LogP contribution in [0.4, 0.5) is 0 Å². The fourth-order valence-electron chi connectivity index (χ4n) is 3.36. The van der Waals surface area contributed by atoms with Crippen LogP contribution in [0.25, 0.3) is 11.0 Å². The number of imidazole rings is 1. The Kier molecular flexibility index (Phi) is 3.43. The number of nitrogens with zero attached hydrogens (tertiary/aromatic N) is 2. The summed E-state index contributed by atoms with van der Waals surface area (Å²) in [7, 11) is 0. The van der Waals surface area contributed by atoms with Crippen LogP contribution in [0, 0.1) is 0 Å². The minimum Gasteiger partial charge on any atom is -0.370 e. The molecular weight excluding hydrogens is 272 g/mol. The Morgan fingerprint density at radius 3 is 2.64 bits per heavy atom. The molecule has 0 spiro atoms. The van der Waals surface area contributed by atoms with E-state index in [0.717, 1.165) is 30.8 Å². The van der Waals surface area contributed by atoms with Crippen molar-refractivity contribution < 1.29 is 4.74 Å². The summed E-state index contributed by atoms with van der Waals surface area (Å²) in [4.78, 5) is 4.88. The molecule has 0 radical (unpaired) electrons. The number of ether oxygens (including phenoxy) is 1. The van der Waals surface area contributed by atoms with Gasteiger partial charge in [-0.05, 0) is 37.5 Å². The Morgan fingerprint density at radius 2 is 1.86 bits per heavy atom. The van der Waals surface area contributed by atoms with Gasteiger partial charge in [-0.3, -0.25) is 0 Å². The van der Waals surface area contributed by atoms with Crippen molar-refractivity contribution in [2.75, 3.05) is 6.61 Å². The van der Waals surface area contributed by atoms with Gasteiger partial charge >= 0.3 is 0 Å². The smallest absolute Gasteiger partial charge is 0.139 e. The molecule has 112 valence electrons. The summed E-state index contributed by atoms with van der Waals surface area (Å²) >= 11 is 0. The molecule has 2 atom stereocenters. The van der Waals surface area contributed by atoms with Gasteiger partial charge in [0, 0.05) is 6.61 Å². The first-order valence-corrected chi connectivity index (χ1v) is 7.98. The van der Waals surface area contributed by atoms with Crippen LogP contribution in [-0.4, -0.2) is 16.2 Å². The van der Waals surface area contributed by atoms with Gasteiger partial charge in [0.2, 0.25) is 0 Å². The van der Waals surface area contributed by atoms with Crippen LogP contribution in [0.3, 0.4) is 0 Å². The molecule has 3 aromatic rings. The van der Waals surface area contributed by atoms with Crippen LogP contribution < -0.4 is 0 Å². The predicted molar refractivity (Wildman–Crippen MR) is 87.9 cm³/mol. The van der Waals surface area contributed by atoms with E-state index in [1.54, 1.807) is 0 Å². The van der Waals surface area contributed by atoms with Gasteiger partial charge in [0.15, 0.2) is 0 Å². The van der Waals surface area contributed by atoms with Crippen LogP contribution in [0.2, 0.25) is 0 Å². The summed E-state index contributed by atoms with van der Waals surface area (Å²) in [5.74, 6) is 1.06. The van der Waals surface area contributed by atoms with Crippen molar-refractivity contribution in [1.82, 2.24) is 9.55 Å². The molecule has 3 nitrogen and oxygen atoms in total. The molecule has 1 saturated heterocycles. The molecule has 0 bridgehead atoms. The highest BCUT2D eigenvalue weighted by molar-refractivity contribution is 5.76. The lowest BCUT2D eigenvalue weighted by atomic mass is 10.1. The van der Waals surface area contributed by atoms with Crippen molar-refractivity contribution in [3.05, 3.63) is 66.0 Å². The zero-order valence-electron chi connectivity index (χ0n) is 12.8. The molecule has 22 heavy (non-hydrogen) atoms. The van der Waals surface area contributed by atoms with E-state index in [1.165, 1.54) is 11.1 Å². The first-order valence-electron chi connectivity index (χ1n) is 7.98. The van der Waals surface area contributed by atoms with E-state index in [0.29, 0.717) is 0 Å². The second-order valence-corrected chi connectivity index (χ2v) is 5.92. The Morgan fingerprint density at radius 1 is 1.09 bits per heavy atom. The minimum atomic E-state index is 0.124. The lowest BCUT2D eigenvalue weighted by Crippen LogP contribution is -2.13. The van der Waals surface area contributed by atoms with Crippen LogP contribution >= 0.6 is 0 Å². The van der Waals surface area contributed by atoms with E-state index in [2.05, 4.69) is 60.0 Å². The topological polar surface area (TPSA) is 27.1 Å². The van der Waals surface area contributed by atoms with Crippen LogP contribution in [0.1, 0.15) is 43.3 Å². The minimum absolute atomic E-state index is 0.124. The molecule has 0 N–H and O–H groups in total. The molecule has 1 aliphatic heterocycles. The molecule has 0 unspecified atom stereocenters. The number of hydrogen-bond donors (Lipinski definition) is 0. The number of para-hydroxylation sites is 2. The highest BCUT2D eigenvalue weighted by Gasteiger charge is 2.26. The van der Waals surface area contributed by atoms with Gasteiger partial charge in [-0.15, -0.1) is 0 Å². The third-order valence-corrected chi connectivity index (χ3v) is 4.51. The number of fused-ring (bicyclic) bond motifs is 1. The largest absolute Gasteiger partial charge is 0.370 e. The third-order valence-electron chi connectivity index (χ3n) is 4.51. The highest BCUT2D eigenvalue weighted by atomic mass is 16.5. The fraction of sp³-hybridized carbons (Fsp3) is 0.316. The number of benzene rings is 2. The van der Waals surface area contributed by atoms with Gasteiger partial charge in [0.25, 0.3) is 0 Å². The molecule has 0 saturated carbocycles. The van der Waals surface area contributed by atoms with E-state index < -0.39 is 0 Å². The maximum absolute atomic E-state index is 5.91. The van der Waals surface area contributed by atoms with Crippen molar-refractivity contribution in [3.8, 4) is 0 Å². The molecular formula is C19H20N2O. The molecule has 1 aromatic heterocycles. The first-order chi connectivity index (χ1) is 10.8. The molecule has 1 fully saturated rings. The van der Waals surface area contributed by atoms with E-state index >= 15 is 0 Å². The third kappa shape index (κ3) is 2.22. The van der Waals surface area contributed by atoms with Crippen molar-refractivity contribution in [2.24, 2.45) is 0 Å². The van der Waals surface area contributed by atoms with Gasteiger partial charge < -0.3 is 9.30 Å². The van der Waals surface area contributed by atoms with E-state index in [1.807, 2.05) is 6.07 Å². The zero-order valence-corrected chi connectivity index (χ0v) is 12.8. The van der Waals surface area contributed by atoms with Crippen molar-refractivity contribution >= 4 is 11.0 Å². The second-order valence-electron chi connectivity index (χ2n) is 5.92. The van der Waals surface area contributed by atoms with Gasteiger partial charge in [0.05, 0.1) is 17.1 Å². The molecule has 2 aromatic carbocycles. The molecule has 0 amide bonds. The molecule has 4 rings (SSSR count). The predicted octanol–water partition coefficient (Wildman–Crippen LogP) is 4.50. The zero-order chi connectivity index (χ0) is 14.9. The number of aromatic nitrogens is 2. The lowest BCUT2D eigenvalue weighted by Gasteiger charge is -2.20. The maximum atomic E-state index is 5.91. The normalized spacial score (nSPS) is 19.6. The summed E-state index contributed by atoms with van der Waals surface area (Å²) in [5, 5.41) is 0. The van der Waals surface area contributed by atoms with Gasteiger partial charge in [-0.1, -0.05) is 42.5 Å². The van der Waals surface area contributed by atoms with Gasteiger partial charge in [0.1, 0.15) is 11.9 Å². The SMILES string of the molecule is C[C@H](c1ccccc1)n1c([C@H]2CCCO2)nc2ccccc21. The molecule has 3 heteroatoms. The van der Waals surface area contributed by atoms with Crippen molar-refractivity contribution in [2.45, 2.75) is 31.9 Å². The fourth-order valence-corrected chi connectivity index (χ4v) is 3.36. The van der Waals surface area contributed by atoms with E-state index in [9.17, 15) is 0 Å². The summed E-state index contributed by atoms with van der Waals surface area (Å²) in [6.07, 6.45) is 2.30. The van der Waals surface area contributed by atoms with Gasteiger partial charge in [-0.25, -0.2) is 4.98 Å². The van der Waals surface area contributed by atoms with Crippen LogP contribution in [-0.2, 0) is 4.74 Å². The Bertz CT molecular complexity index is 772. The first kappa shape index (κ1) is 13.5. The average Bonchev–Trinajstić information content (AvgIpc) is 3.22. The Balaban J connectivity index is 1.88. The maximum Gasteiger partial charge on any atom is 0.139 e. The summed E-state index contributed by atoms with van der Waals surface area (Å²) in [5.41, 5.74) is 3.53. The Labute approximate surface area is 130 Å². The van der Waals surface area contributed by atoms with E-state index in [4.69, 9.17) is 9.72 Å². The second kappa shape index (κ2) is 5.58. The molecule has 0 aliphatic carbocycles.